The van der Waals surface area contributed by atoms with Crippen LogP contribution in [0.2, 0.25) is 0 Å². The number of hydrogen-bond acceptors (Lipinski definition) is 3. The molecular weight excluding hydrogens is 204 g/mol. The zero-order valence-electron chi connectivity index (χ0n) is 10.3. The number of carbonyl (C=O) groups excluding carboxylic acids is 1. The first-order valence-corrected chi connectivity index (χ1v) is 5.31. The predicted octanol–water partition coefficient (Wildman–Crippen LogP) is 0.410. The highest BCUT2D eigenvalue weighted by Crippen LogP contribution is 2.17. The van der Waals surface area contributed by atoms with Gasteiger partial charge in [0.25, 0.3) is 0 Å². The van der Waals surface area contributed by atoms with Gasteiger partial charge in [0.05, 0.1) is 12.2 Å². The standard InChI is InChI=1S/C11H20N4O/c1-11(2,3)9(12)10(16)13-5-8-6-14-15(4)7-8/h6-7,9H,5,12H2,1-4H3,(H,13,16). The molecule has 1 amide bonds. The molecule has 90 valence electrons. The van der Waals surface area contributed by atoms with Crippen molar-refractivity contribution < 1.29 is 4.79 Å². The quantitative estimate of drug-likeness (QED) is 0.781. The van der Waals surface area contributed by atoms with E-state index in [0.29, 0.717) is 6.54 Å². The summed E-state index contributed by atoms with van der Waals surface area (Å²) in [6.45, 7) is 6.31. The summed E-state index contributed by atoms with van der Waals surface area (Å²) >= 11 is 0. The Balaban J connectivity index is 2.47. The van der Waals surface area contributed by atoms with E-state index in [0.717, 1.165) is 5.56 Å². The van der Waals surface area contributed by atoms with Crippen LogP contribution in [0.3, 0.4) is 0 Å². The molecule has 5 heteroatoms. The molecule has 0 aromatic carbocycles. The van der Waals surface area contributed by atoms with E-state index >= 15 is 0 Å². The summed E-state index contributed by atoms with van der Waals surface area (Å²) in [4.78, 5) is 11.7. The monoisotopic (exact) mass is 224 g/mol. The minimum absolute atomic E-state index is 0.128. The molecule has 1 rings (SSSR count). The highest BCUT2D eigenvalue weighted by atomic mass is 16.2. The average molecular weight is 224 g/mol. The van der Waals surface area contributed by atoms with Crippen molar-refractivity contribution in [3.05, 3.63) is 18.0 Å². The molecule has 1 atom stereocenters. The van der Waals surface area contributed by atoms with Crippen LogP contribution in [0.4, 0.5) is 0 Å². The highest BCUT2D eigenvalue weighted by Gasteiger charge is 2.27. The summed E-state index contributed by atoms with van der Waals surface area (Å²) in [5, 5.41) is 6.82. The van der Waals surface area contributed by atoms with Gasteiger partial charge < -0.3 is 11.1 Å². The maximum atomic E-state index is 11.7. The topological polar surface area (TPSA) is 72.9 Å². The summed E-state index contributed by atoms with van der Waals surface area (Å²) in [6, 6.07) is -0.496. The van der Waals surface area contributed by atoms with Crippen molar-refractivity contribution in [2.45, 2.75) is 33.4 Å². The molecule has 1 aromatic rings. The molecule has 1 heterocycles. The van der Waals surface area contributed by atoms with Gasteiger partial charge in [-0.25, -0.2) is 0 Å². The van der Waals surface area contributed by atoms with Crippen molar-refractivity contribution in [3.63, 3.8) is 0 Å². The van der Waals surface area contributed by atoms with Gasteiger partial charge in [0.15, 0.2) is 0 Å². The Morgan fingerprint density at radius 2 is 2.25 bits per heavy atom. The Morgan fingerprint density at radius 3 is 2.69 bits per heavy atom. The van der Waals surface area contributed by atoms with E-state index in [4.69, 9.17) is 5.73 Å². The van der Waals surface area contributed by atoms with Crippen molar-refractivity contribution in [2.24, 2.45) is 18.2 Å². The van der Waals surface area contributed by atoms with Crippen LogP contribution < -0.4 is 11.1 Å². The predicted molar refractivity (Wildman–Crippen MR) is 62.5 cm³/mol. The molecule has 3 N–H and O–H groups in total. The third-order valence-corrected chi connectivity index (χ3v) is 2.44. The summed E-state index contributed by atoms with van der Waals surface area (Å²) in [7, 11) is 1.84. The number of aromatic nitrogens is 2. The van der Waals surface area contributed by atoms with Gasteiger partial charge in [-0.3, -0.25) is 9.48 Å². The zero-order chi connectivity index (χ0) is 12.3. The molecule has 1 unspecified atom stereocenters. The summed E-state index contributed by atoms with van der Waals surface area (Å²) in [6.07, 6.45) is 3.59. The maximum absolute atomic E-state index is 11.7. The molecule has 0 saturated heterocycles. The molecule has 0 radical (unpaired) electrons. The number of nitrogens with two attached hydrogens (primary N) is 1. The number of aryl methyl sites for hydroxylation is 1. The second-order valence-electron chi connectivity index (χ2n) is 5.08. The normalized spacial score (nSPS) is 13.6. The molecule has 0 bridgehead atoms. The molecule has 16 heavy (non-hydrogen) atoms. The molecule has 0 aliphatic carbocycles. The van der Waals surface area contributed by atoms with E-state index in [1.54, 1.807) is 10.9 Å². The number of rotatable bonds is 3. The second-order valence-corrected chi connectivity index (χ2v) is 5.08. The first-order valence-electron chi connectivity index (χ1n) is 5.31. The van der Waals surface area contributed by atoms with Crippen molar-refractivity contribution in [1.29, 1.82) is 0 Å². The third kappa shape index (κ3) is 3.34. The Bertz CT molecular complexity index is 364. The van der Waals surface area contributed by atoms with E-state index in [-0.39, 0.29) is 11.3 Å². The number of amides is 1. The van der Waals surface area contributed by atoms with E-state index in [2.05, 4.69) is 10.4 Å². The Hall–Kier alpha value is -1.36. The zero-order valence-corrected chi connectivity index (χ0v) is 10.3. The van der Waals surface area contributed by atoms with Crippen molar-refractivity contribution in [3.8, 4) is 0 Å². The molecular formula is C11H20N4O. The van der Waals surface area contributed by atoms with Crippen LogP contribution in [0.25, 0.3) is 0 Å². The molecule has 0 saturated carbocycles. The number of nitrogens with zero attached hydrogens (tertiary/aromatic N) is 2. The molecule has 0 aliphatic heterocycles. The lowest BCUT2D eigenvalue weighted by atomic mass is 9.87. The molecule has 0 aliphatic rings. The molecule has 5 nitrogen and oxygen atoms in total. The molecule has 1 aromatic heterocycles. The SMILES string of the molecule is Cn1cc(CNC(=O)C(N)C(C)(C)C)cn1. The van der Waals surface area contributed by atoms with E-state index in [9.17, 15) is 4.79 Å². The van der Waals surface area contributed by atoms with Crippen LogP contribution >= 0.6 is 0 Å². The Kier molecular flexibility index (Phi) is 3.70. The smallest absolute Gasteiger partial charge is 0.237 e. The van der Waals surface area contributed by atoms with Crippen LogP contribution in [-0.4, -0.2) is 21.7 Å². The number of hydrogen-bond donors (Lipinski definition) is 2. The van der Waals surface area contributed by atoms with Gasteiger partial charge in [0, 0.05) is 25.4 Å². The first-order chi connectivity index (χ1) is 7.30. The van der Waals surface area contributed by atoms with Gasteiger partial charge in [0.1, 0.15) is 0 Å². The van der Waals surface area contributed by atoms with Crippen LogP contribution in [0.15, 0.2) is 12.4 Å². The Morgan fingerprint density at radius 1 is 1.62 bits per heavy atom. The van der Waals surface area contributed by atoms with Crippen LogP contribution in [-0.2, 0) is 18.4 Å². The van der Waals surface area contributed by atoms with Crippen molar-refractivity contribution >= 4 is 5.91 Å². The lowest BCUT2D eigenvalue weighted by molar-refractivity contribution is -0.124. The van der Waals surface area contributed by atoms with E-state index < -0.39 is 6.04 Å². The first kappa shape index (κ1) is 12.7. The highest BCUT2D eigenvalue weighted by molar-refractivity contribution is 5.82. The van der Waals surface area contributed by atoms with Crippen molar-refractivity contribution in [1.82, 2.24) is 15.1 Å². The lowest BCUT2D eigenvalue weighted by Gasteiger charge is -2.25. The van der Waals surface area contributed by atoms with E-state index in [1.807, 2.05) is 34.0 Å². The summed E-state index contributed by atoms with van der Waals surface area (Å²) in [5.74, 6) is -0.128. The van der Waals surface area contributed by atoms with Crippen LogP contribution in [0, 0.1) is 5.41 Å². The molecule has 0 fully saturated rings. The van der Waals surface area contributed by atoms with Gasteiger partial charge >= 0.3 is 0 Å². The minimum atomic E-state index is -0.496. The number of nitrogens with one attached hydrogen (secondary N) is 1. The van der Waals surface area contributed by atoms with Gasteiger partial charge in [-0.1, -0.05) is 20.8 Å². The summed E-state index contributed by atoms with van der Waals surface area (Å²) < 4.78 is 1.70. The van der Waals surface area contributed by atoms with Gasteiger partial charge in [-0.05, 0) is 5.41 Å². The molecule has 0 spiro atoms. The minimum Gasteiger partial charge on any atom is -0.351 e. The van der Waals surface area contributed by atoms with Crippen LogP contribution in [0.1, 0.15) is 26.3 Å². The van der Waals surface area contributed by atoms with E-state index in [1.165, 1.54) is 0 Å². The van der Waals surface area contributed by atoms with Gasteiger partial charge in [-0.15, -0.1) is 0 Å². The largest absolute Gasteiger partial charge is 0.351 e. The summed E-state index contributed by atoms with van der Waals surface area (Å²) in [5.41, 5.74) is 6.58. The fourth-order valence-electron chi connectivity index (χ4n) is 1.26. The number of carbonyl (C=O) groups is 1. The van der Waals surface area contributed by atoms with Crippen molar-refractivity contribution in [2.75, 3.05) is 0 Å². The van der Waals surface area contributed by atoms with Gasteiger partial charge in [0.2, 0.25) is 5.91 Å². The average Bonchev–Trinajstić information content (AvgIpc) is 2.58. The van der Waals surface area contributed by atoms with Gasteiger partial charge in [-0.2, -0.15) is 5.10 Å². The fraction of sp³-hybridized carbons (Fsp3) is 0.636. The second kappa shape index (κ2) is 4.65. The fourth-order valence-corrected chi connectivity index (χ4v) is 1.26. The lowest BCUT2D eigenvalue weighted by Crippen LogP contribution is -2.48. The Labute approximate surface area is 96.0 Å². The third-order valence-electron chi connectivity index (χ3n) is 2.44. The van der Waals surface area contributed by atoms with Crippen LogP contribution in [0.5, 0.6) is 0 Å². The maximum Gasteiger partial charge on any atom is 0.237 e.